The van der Waals surface area contributed by atoms with E-state index in [2.05, 4.69) is 0 Å². The molecular formula is C13H9Cl2F2NO. The highest BCUT2D eigenvalue weighted by molar-refractivity contribution is 6.36. The van der Waals surface area contributed by atoms with Gasteiger partial charge in [0.05, 0.1) is 22.8 Å². The van der Waals surface area contributed by atoms with Crippen molar-refractivity contribution in [3.63, 3.8) is 0 Å². The van der Waals surface area contributed by atoms with E-state index in [1.165, 1.54) is 19.2 Å². The van der Waals surface area contributed by atoms with Crippen molar-refractivity contribution in [1.29, 1.82) is 0 Å². The average Bonchev–Trinajstić information content (AvgIpc) is 2.36. The number of methoxy groups -OCH3 is 1. The molecule has 0 aliphatic heterocycles. The minimum Gasteiger partial charge on any atom is -0.495 e. The van der Waals surface area contributed by atoms with Crippen molar-refractivity contribution >= 4 is 28.9 Å². The molecule has 6 heteroatoms. The molecule has 0 saturated heterocycles. The number of halogens is 4. The molecule has 2 aromatic rings. The van der Waals surface area contributed by atoms with Crippen LogP contribution in [0.2, 0.25) is 10.0 Å². The van der Waals surface area contributed by atoms with Crippen LogP contribution in [-0.2, 0) is 0 Å². The van der Waals surface area contributed by atoms with E-state index in [-0.39, 0.29) is 26.9 Å². The molecule has 100 valence electrons. The molecule has 0 amide bonds. The van der Waals surface area contributed by atoms with Crippen LogP contribution in [0.1, 0.15) is 0 Å². The molecule has 0 atom stereocenters. The number of hydrogen-bond donors (Lipinski definition) is 1. The van der Waals surface area contributed by atoms with Gasteiger partial charge in [0.25, 0.3) is 0 Å². The maximum absolute atomic E-state index is 13.8. The second-order valence-electron chi connectivity index (χ2n) is 3.82. The Morgan fingerprint density at radius 1 is 0.947 bits per heavy atom. The SMILES string of the molecule is COc1cc(Cl)c(-c2cc(F)c(N)cc2F)cc1Cl. The van der Waals surface area contributed by atoms with E-state index >= 15 is 0 Å². The van der Waals surface area contributed by atoms with E-state index in [0.29, 0.717) is 5.75 Å². The van der Waals surface area contributed by atoms with Crippen molar-refractivity contribution in [2.45, 2.75) is 0 Å². The lowest BCUT2D eigenvalue weighted by atomic mass is 10.0. The molecule has 0 heterocycles. The lowest BCUT2D eigenvalue weighted by Crippen LogP contribution is -1.95. The van der Waals surface area contributed by atoms with Gasteiger partial charge in [0.2, 0.25) is 0 Å². The molecular weight excluding hydrogens is 295 g/mol. The fourth-order valence-electron chi connectivity index (χ4n) is 1.66. The molecule has 0 bridgehead atoms. The first-order valence-corrected chi connectivity index (χ1v) is 5.97. The summed E-state index contributed by atoms with van der Waals surface area (Å²) in [5.74, 6) is -1.05. The second-order valence-corrected chi connectivity index (χ2v) is 4.63. The predicted molar refractivity (Wildman–Crippen MR) is 72.8 cm³/mol. The summed E-state index contributed by atoms with van der Waals surface area (Å²) in [6.07, 6.45) is 0. The monoisotopic (exact) mass is 303 g/mol. The van der Waals surface area contributed by atoms with Gasteiger partial charge in [-0.05, 0) is 12.1 Å². The number of anilines is 1. The zero-order chi connectivity index (χ0) is 14.2. The molecule has 19 heavy (non-hydrogen) atoms. The van der Waals surface area contributed by atoms with Crippen LogP contribution in [0, 0.1) is 11.6 Å². The van der Waals surface area contributed by atoms with E-state index in [1.54, 1.807) is 0 Å². The first-order valence-electron chi connectivity index (χ1n) is 5.22. The molecule has 2 N–H and O–H groups in total. The van der Waals surface area contributed by atoms with Gasteiger partial charge in [-0.3, -0.25) is 0 Å². The van der Waals surface area contributed by atoms with Gasteiger partial charge in [-0.2, -0.15) is 0 Å². The molecule has 0 spiro atoms. The lowest BCUT2D eigenvalue weighted by Gasteiger charge is -2.11. The Balaban J connectivity index is 2.65. The molecule has 0 fully saturated rings. The van der Waals surface area contributed by atoms with Crippen LogP contribution in [-0.4, -0.2) is 7.11 Å². The molecule has 2 nitrogen and oxygen atoms in total. The van der Waals surface area contributed by atoms with Gasteiger partial charge in [0, 0.05) is 23.3 Å². The van der Waals surface area contributed by atoms with E-state index in [1.807, 2.05) is 0 Å². The molecule has 0 aromatic heterocycles. The van der Waals surface area contributed by atoms with Crippen LogP contribution < -0.4 is 10.5 Å². The fourth-order valence-corrected chi connectivity index (χ4v) is 2.16. The Labute approximate surface area is 118 Å². The zero-order valence-corrected chi connectivity index (χ0v) is 11.3. The maximum Gasteiger partial charge on any atom is 0.146 e. The summed E-state index contributed by atoms with van der Waals surface area (Å²) in [7, 11) is 1.43. The van der Waals surface area contributed by atoms with Crippen LogP contribution >= 0.6 is 23.2 Å². The van der Waals surface area contributed by atoms with Crippen molar-refractivity contribution in [2.75, 3.05) is 12.8 Å². The quantitative estimate of drug-likeness (QED) is 0.827. The summed E-state index contributed by atoms with van der Waals surface area (Å²) in [5, 5.41) is 0.447. The highest BCUT2D eigenvalue weighted by Crippen LogP contribution is 2.38. The van der Waals surface area contributed by atoms with Crippen LogP contribution in [0.3, 0.4) is 0 Å². The number of hydrogen-bond acceptors (Lipinski definition) is 2. The average molecular weight is 304 g/mol. The van der Waals surface area contributed by atoms with Gasteiger partial charge in [-0.15, -0.1) is 0 Å². The third-order valence-corrected chi connectivity index (χ3v) is 3.23. The number of nitrogen functional groups attached to an aromatic ring is 1. The van der Waals surface area contributed by atoms with Crippen LogP contribution in [0.25, 0.3) is 11.1 Å². The van der Waals surface area contributed by atoms with Gasteiger partial charge in [0.1, 0.15) is 17.4 Å². The Morgan fingerprint density at radius 2 is 1.63 bits per heavy atom. The van der Waals surface area contributed by atoms with Gasteiger partial charge in [-0.1, -0.05) is 23.2 Å². The standard InChI is InChI=1S/C13H9Cl2F2NO/c1-19-13-4-8(14)6(2-9(13)15)7-3-11(17)12(18)5-10(7)16/h2-5H,18H2,1H3. The number of benzene rings is 2. The molecule has 2 rings (SSSR count). The second kappa shape index (κ2) is 5.23. The first-order chi connectivity index (χ1) is 8.93. The van der Waals surface area contributed by atoms with Crippen LogP contribution in [0.15, 0.2) is 24.3 Å². The zero-order valence-electron chi connectivity index (χ0n) is 9.81. The molecule has 0 aliphatic rings. The van der Waals surface area contributed by atoms with E-state index in [4.69, 9.17) is 33.7 Å². The van der Waals surface area contributed by atoms with Crippen molar-refractivity contribution in [1.82, 2.24) is 0 Å². The smallest absolute Gasteiger partial charge is 0.146 e. The summed E-state index contributed by atoms with van der Waals surface area (Å²) in [6, 6.07) is 4.73. The number of nitrogens with two attached hydrogens (primary N) is 1. The van der Waals surface area contributed by atoms with Gasteiger partial charge >= 0.3 is 0 Å². The molecule has 2 aromatic carbocycles. The van der Waals surface area contributed by atoms with Gasteiger partial charge in [0.15, 0.2) is 0 Å². The minimum absolute atomic E-state index is 0.0127. The highest BCUT2D eigenvalue weighted by atomic mass is 35.5. The molecule has 0 aliphatic carbocycles. The van der Waals surface area contributed by atoms with E-state index < -0.39 is 11.6 Å². The summed E-state index contributed by atoms with van der Waals surface area (Å²) < 4.78 is 32.2. The summed E-state index contributed by atoms with van der Waals surface area (Å²) >= 11 is 12.0. The van der Waals surface area contributed by atoms with Gasteiger partial charge < -0.3 is 10.5 Å². The number of rotatable bonds is 2. The fraction of sp³-hybridized carbons (Fsp3) is 0.0769. The molecule has 0 unspecified atom stereocenters. The van der Waals surface area contributed by atoms with Crippen molar-refractivity contribution in [3.8, 4) is 16.9 Å². The van der Waals surface area contributed by atoms with Crippen LogP contribution in [0.4, 0.5) is 14.5 Å². The Hall–Kier alpha value is -1.52. The maximum atomic E-state index is 13.8. The van der Waals surface area contributed by atoms with E-state index in [9.17, 15) is 8.78 Å². The summed E-state index contributed by atoms with van der Waals surface area (Å²) in [4.78, 5) is 0. The Bertz CT molecular complexity index is 647. The third-order valence-electron chi connectivity index (χ3n) is 2.62. The Morgan fingerprint density at radius 3 is 2.26 bits per heavy atom. The van der Waals surface area contributed by atoms with Gasteiger partial charge in [-0.25, -0.2) is 8.78 Å². The molecule has 0 saturated carbocycles. The predicted octanol–water partition coefficient (Wildman–Crippen LogP) is 4.53. The van der Waals surface area contributed by atoms with Crippen molar-refractivity contribution in [2.24, 2.45) is 0 Å². The minimum atomic E-state index is -0.723. The summed E-state index contributed by atoms with van der Waals surface area (Å²) in [6.45, 7) is 0. The summed E-state index contributed by atoms with van der Waals surface area (Å²) in [5.41, 5.74) is 5.28. The van der Waals surface area contributed by atoms with E-state index in [0.717, 1.165) is 12.1 Å². The van der Waals surface area contributed by atoms with Crippen LogP contribution in [0.5, 0.6) is 5.75 Å². The third kappa shape index (κ3) is 2.60. The topological polar surface area (TPSA) is 35.2 Å². The largest absolute Gasteiger partial charge is 0.495 e. The highest BCUT2D eigenvalue weighted by Gasteiger charge is 2.15. The lowest BCUT2D eigenvalue weighted by molar-refractivity contribution is 0.415. The first kappa shape index (κ1) is 13.9. The number of ether oxygens (including phenoxy) is 1. The Kier molecular flexibility index (Phi) is 3.83. The normalized spacial score (nSPS) is 10.6. The van der Waals surface area contributed by atoms with Crippen molar-refractivity contribution in [3.05, 3.63) is 45.9 Å². The molecule has 0 radical (unpaired) electrons. The van der Waals surface area contributed by atoms with Crippen molar-refractivity contribution < 1.29 is 13.5 Å².